The smallest absolute Gasteiger partial charge is 0.0483 e. The second-order valence-corrected chi connectivity index (χ2v) is 5.28. The second kappa shape index (κ2) is 5.20. The Hall–Kier alpha value is -0.530. The minimum atomic E-state index is 0.118. The van der Waals surface area contributed by atoms with E-state index in [-0.39, 0.29) is 6.04 Å². The van der Waals surface area contributed by atoms with E-state index in [2.05, 4.69) is 12.1 Å². The van der Waals surface area contributed by atoms with Crippen molar-refractivity contribution in [2.24, 2.45) is 11.7 Å². The van der Waals surface area contributed by atoms with E-state index in [1.807, 2.05) is 13.0 Å². The molecule has 0 bridgehead atoms. The van der Waals surface area contributed by atoms with Crippen LogP contribution in [0.5, 0.6) is 0 Å². The van der Waals surface area contributed by atoms with Gasteiger partial charge in [-0.05, 0) is 36.8 Å². The van der Waals surface area contributed by atoms with Gasteiger partial charge >= 0.3 is 0 Å². The molecular weight excluding hydrogens is 218 g/mol. The van der Waals surface area contributed by atoms with Crippen LogP contribution in [0.15, 0.2) is 18.2 Å². The summed E-state index contributed by atoms with van der Waals surface area (Å²) < 4.78 is 0. The third kappa shape index (κ3) is 2.41. The van der Waals surface area contributed by atoms with Gasteiger partial charge in [0.2, 0.25) is 0 Å². The van der Waals surface area contributed by atoms with Crippen molar-refractivity contribution in [2.45, 2.75) is 45.1 Å². The maximum atomic E-state index is 6.36. The van der Waals surface area contributed by atoms with Crippen molar-refractivity contribution in [3.8, 4) is 0 Å². The number of hydrogen-bond donors (Lipinski definition) is 1. The predicted molar refractivity (Wildman–Crippen MR) is 69.7 cm³/mol. The lowest BCUT2D eigenvalue weighted by molar-refractivity contribution is 0.308. The van der Waals surface area contributed by atoms with E-state index in [1.165, 1.54) is 32.1 Å². The molecule has 0 aromatic heterocycles. The first-order chi connectivity index (χ1) is 7.70. The van der Waals surface area contributed by atoms with Crippen LogP contribution in [0, 0.1) is 12.8 Å². The molecule has 1 atom stereocenters. The SMILES string of the molecule is Cc1cccc(C(N)C2CCCCC2)c1Cl. The lowest BCUT2D eigenvalue weighted by Crippen LogP contribution is -2.23. The van der Waals surface area contributed by atoms with Crippen LogP contribution in [0.25, 0.3) is 0 Å². The van der Waals surface area contributed by atoms with Crippen molar-refractivity contribution < 1.29 is 0 Å². The summed E-state index contributed by atoms with van der Waals surface area (Å²) in [5.74, 6) is 0.619. The molecule has 1 aliphatic rings. The van der Waals surface area contributed by atoms with Gasteiger partial charge < -0.3 is 5.73 Å². The summed E-state index contributed by atoms with van der Waals surface area (Å²) in [7, 11) is 0. The van der Waals surface area contributed by atoms with Crippen molar-refractivity contribution in [2.75, 3.05) is 0 Å². The molecule has 2 rings (SSSR count). The minimum Gasteiger partial charge on any atom is -0.324 e. The Bertz CT molecular complexity index is 356. The standard InChI is InChI=1S/C14H20ClN/c1-10-6-5-9-12(13(10)15)14(16)11-7-3-2-4-8-11/h5-6,9,11,14H,2-4,7-8,16H2,1H3. The molecule has 16 heavy (non-hydrogen) atoms. The van der Waals surface area contributed by atoms with Crippen LogP contribution < -0.4 is 5.73 Å². The van der Waals surface area contributed by atoms with Gasteiger partial charge in [0.1, 0.15) is 0 Å². The maximum absolute atomic E-state index is 6.36. The van der Waals surface area contributed by atoms with Crippen molar-refractivity contribution in [3.05, 3.63) is 34.3 Å². The Balaban J connectivity index is 2.19. The van der Waals surface area contributed by atoms with Crippen LogP contribution in [0.4, 0.5) is 0 Å². The molecule has 1 saturated carbocycles. The summed E-state index contributed by atoms with van der Waals surface area (Å²) in [6.45, 7) is 2.04. The molecule has 0 amide bonds. The van der Waals surface area contributed by atoms with E-state index in [1.54, 1.807) is 0 Å². The van der Waals surface area contributed by atoms with Crippen LogP contribution >= 0.6 is 11.6 Å². The molecule has 2 heteroatoms. The second-order valence-electron chi connectivity index (χ2n) is 4.90. The number of nitrogens with two attached hydrogens (primary N) is 1. The third-order valence-electron chi connectivity index (χ3n) is 3.74. The van der Waals surface area contributed by atoms with E-state index in [9.17, 15) is 0 Å². The van der Waals surface area contributed by atoms with E-state index >= 15 is 0 Å². The number of halogens is 1. The highest BCUT2D eigenvalue weighted by Gasteiger charge is 2.23. The summed E-state index contributed by atoms with van der Waals surface area (Å²) >= 11 is 6.33. The summed E-state index contributed by atoms with van der Waals surface area (Å²) in [5, 5.41) is 0.862. The first-order valence-corrected chi connectivity index (χ1v) is 6.58. The summed E-state index contributed by atoms with van der Waals surface area (Å²) in [5.41, 5.74) is 8.62. The highest BCUT2D eigenvalue weighted by atomic mass is 35.5. The monoisotopic (exact) mass is 237 g/mol. The van der Waals surface area contributed by atoms with Gasteiger partial charge in [-0.2, -0.15) is 0 Å². The molecule has 88 valence electrons. The zero-order valence-corrected chi connectivity index (χ0v) is 10.6. The van der Waals surface area contributed by atoms with E-state index in [0.29, 0.717) is 5.92 Å². The summed E-state index contributed by atoms with van der Waals surface area (Å²) in [6.07, 6.45) is 6.52. The van der Waals surface area contributed by atoms with Crippen LogP contribution in [-0.2, 0) is 0 Å². The largest absolute Gasteiger partial charge is 0.324 e. The summed E-state index contributed by atoms with van der Waals surface area (Å²) in [4.78, 5) is 0. The first-order valence-electron chi connectivity index (χ1n) is 6.20. The number of rotatable bonds is 2. The van der Waals surface area contributed by atoms with E-state index in [4.69, 9.17) is 17.3 Å². The maximum Gasteiger partial charge on any atom is 0.0483 e. The molecule has 2 N–H and O–H groups in total. The number of benzene rings is 1. The Kier molecular flexibility index (Phi) is 3.88. The van der Waals surface area contributed by atoms with E-state index < -0.39 is 0 Å². The number of hydrogen-bond acceptors (Lipinski definition) is 1. The Morgan fingerprint density at radius 2 is 1.94 bits per heavy atom. The Labute approximate surface area is 103 Å². The fourth-order valence-electron chi connectivity index (χ4n) is 2.67. The molecule has 1 aliphatic carbocycles. The normalized spacial score (nSPS) is 19.7. The van der Waals surface area contributed by atoms with Gasteiger partial charge in [-0.25, -0.2) is 0 Å². The van der Waals surface area contributed by atoms with Gasteiger partial charge in [-0.1, -0.05) is 49.1 Å². The molecule has 1 nitrogen and oxygen atoms in total. The lowest BCUT2D eigenvalue weighted by atomic mass is 9.81. The summed E-state index contributed by atoms with van der Waals surface area (Å²) in [6, 6.07) is 6.29. The van der Waals surface area contributed by atoms with Gasteiger partial charge in [-0.15, -0.1) is 0 Å². The Morgan fingerprint density at radius 3 is 2.62 bits per heavy atom. The zero-order valence-electron chi connectivity index (χ0n) is 9.88. The van der Waals surface area contributed by atoms with Crippen molar-refractivity contribution in [1.82, 2.24) is 0 Å². The fraction of sp³-hybridized carbons (Fsp3) is 0.571. The van der Waals surface area contributed by atoms with Gasteiger partial charge in [0.05, 0.1) is 0 Å². The first kappa shape index (κ1) is 11.9. The topological polar surface area (TPSA) is 26.0 Å². The van der Waals surface area contributed by atoms with Crippen LogP contribution in [-0.4, -0.2) is 0 Å². The predicted octanol–water partition coefficient (Wildman–Crippen LogP) is 4.23. The fourth-order valence-corrected chi connectivity index (χ4v) is 2.93. The molecule has 0 heterocycles. The van der Waals surface area contributed by atoms with Crippen LogP contribution in [0.1, 0.15) is 49.3 Å². The van der Waals surface area contributed by atoms with E-state index in [0.717, 1.165) is 16.1 Å². The van der Waals surface area contributed by atoms with Gasteiger partial charge in [-0.3, -0.25) is 0 Å². The highest BCUT2D eigenvalue weighted by Crippen LogP contribution is 2.36. The highest BCUT2D eigenvalue weighted by molar-refractivity contribution is 6.32. The minimum absolute atomic E-state index is 0.118. The zero-order chi connectivity index (χ0) is 11.5. The molecule has 0 spiro atoms. The Morgan fingerprint density at radius 1 is 1.25 bits per heavy atom. The quantitative estimate of drug-likeness (QED) is 0.819. The van der Waals surface area contributed by atoms with Gasteiger partial charge in [0, 0.05) is 11.1 Å². The molecule has 0 radical (unpaired) electrons. The van der Waals surface area contributed by atoms with Gasteiger partial charge in [0.25, 0.3) is 0 Å². The van der Waals surface area contributed by atoms with Crippen molar-refractivity contribution >= 4 is 11.6 Å². The molecule has 0 saturated heterocycles. The molecular formula is C14H20ClN. The molecule has 1 fully saturated rings. The van der Waals surface area contributed by atoms with Crippen LogP contribution in [0.3, 0.4) is 0 Å². The van der Waals surface area contributed by atoms with Crippen LogP contribution in [0.2, 0.25) is 5.02 Å². The average molecular weight is 238 g/mol. The lowest BCUT2D eigenvalue weighted by Gasteiger charge is -2.28. The van der Waals surface area contributed by atoms with Crippen molar-refractivity contribution in [3.63, 3.8) is 0 Å². The molecule has 0 aliphatic heterocycles. The van der Waals surface area contributed by atoms with Crippen molar-refractivity contribution in [1.29, 1.82) is 0 Å². The third-order valence-corrected chi connectivity index (χ3v) is 4.25. The molecule has 1 aromatic rings. The average Bonchev–Trinajstić information content (AvgIpc) is 2.33. The molecule has 1 unspecified atom stereocenters. The number of aryl methyl sites for hydroxylation is 1. The molecule has 1 aromatic carbocycles. The van der Waals surface area contributed by atoms with Gasteiger partial charge in [0.15, 0.2) is 0 Å².